The number of hydrogen-bond acceptors (Lipinski definition) is 2. The van der Waals surface area contributed by atoms with Crippen molar-refractivity contribution in [3.8, 4) is 0 Å². The third-order valence-electron chi connectivity index (χ3n) is 2.68. The monoisotopic (exact) mass is 234 g/mol. The average Bonchev–Trinajstić information content (AvgIpc) is 2.23. The van der Waals surface area contributed by atoms with E-state index in [9.17, 15) is 0 Å². The van der Waals surface area contributed by atoms with Crippen LogP contribution in [0.3, 0.4) is 0 Å². The minimum atomic E-state index is 0.194. The third kappa shape index (κ3) is 5.22. The number of hydrogen-bond donors (Lipinski definition) is 2. The van der Waals surface area contributed by atoms with E-state index in [0.29, 0.717) is 5.92 Å². The fourth-order valence-electron chi connectivity index (χ4n) is 1.80. The molecule has 1 aromatic rings. The molecule has 2 N–H and O–H groups in total. The molecule has 0 aliphatic carbocycles. The number of benzene rings is 1. The number of nitrogens with one attached hydrogen (secondary N) is 2. The molecule has 0 bridgehead atoms. The predicted molar refractivity (Wildman–Crippen MR) is 76.8 cm³/mol. The molecular formula is C15H26N2. The van der Waals surface area contributed by atoms with E-state index in [2.05, 4.69) is 69.5 Å². The second kappa shape index (κ2) is 6.06. The van der Waals surface area contributed by atoms with E-state index >= 15 is 0 Å². The highest BCUT2D eigenvalue weighted by atomic mass is 15.0. The van der Waals surface area contributed by atoms with Gasteiger partial charge in [0.1, 0.15) is 0 Å². The molecule has 0 radical (unpaired) electrons. The Morgan fingerprint density at radius 3 is 2.29 bits per heavy atom. The van der Waals surface area contributed by atoms with Crippen LogP contribution in [0, 0.1) is 0 Å². The van der Waals surface area contributed by atoms with Crippen molar-refractivity contribution in [1.82, 2.24) is 5.32 Å². The lowest BCUT2D eigenvalue weighted by Crippen LogP contribution is -2.38. The molecule has 0 heterocycles. The molecule has 0 aliphatic rings. The van der Waals surface area contributed by atoms with E-state index in [4.69, 9.17) is 0 Å². The van der Waals surface area contributed by atoms with Crippen LogP contribution < -0.4 is 10.6 Å². The van der Waals surface area contributed by atoms with Gasteiger partial charge in [0.05, 0.1) is 0 Å². The maximum Gasteiger partial charge on any atom is 0.0375 e. The molecular weight excluding hydrogens is 208 g/mol. The predicted octanol–water partition coefficient (Wildman–Crippen LogP) is 3.61. The van der Waals surface area contributed by atoms with Gasteiger partial charge in [-0.3, -0.25) is 0 Å². The first kappa shape index (κ1) is 14.0. The lowest BCUT2D eigenvalue weighted by atomic mass is 10.0. The lowest BCUT2D eigenvalue weighted by Gasteiger charge is -2.21. The van der Waals surface area contributed by atoms with Crippen LogP contribution in [0.15, 0.2) is 24.3 Å². The molecule has 1 aromatic carbocycles. The normalized spacial score (nSPS) is 11.9. The van der Waals surface area contributed by atoms with Crippen LogP contribution >= 0.6 is 0 Å². The van der Waals surface area contributed by atoms with Crippen LogP contribution in [0.4, 0.5) is 5.69 Å². The van der Waals surface area contributed by atoms with Crippen molar-refractivity contribution >= 4 is 5.69 Å². The van der Waals surface area contributed by atoms with Gasteiger partial charge in [0.2, 0.25) is 0 Å². The van der Waals surface area contributed by atoms with Crippen LogP contribution in [-0.2, 0) is 0 Å². The summed E-state index contributed by atoms with van der Waals surface area (Å²) in [5.74, 6) is 0.564. The lowest BCUT2D eigenvalue weighted by molar-refractivity contribution is 0.435. The van der Waals surface area contributed by atoms with Gasteiger partial charge in [0.15, 0.2) is 0 Å². The average molecular weight is 234 g/mol. The first-order valence-electron chi connectivity index (χ1n) is 6.48. The second-order valence-corrected chi connectivity index (χ2v) is 5.85. The minimum absolute atomic E-state index is 0.194. The SMILES string of the molecule is CC(C)c1ccccc1NCCNC(C)(C)C. The highest BCUT2D eigenvalue weighted by Crippen LogP contribution is 2.23. The van der Waals surface area contributed by atoms with Crippen molar-refractivity contribution in [2.75, 3.05) is 18.4 Å². The Morgan fingerprint density at radius 2 is 1.71 bits per heavy atom. The summed E-state index contributed by atoms with van der Waals surface area (Å²) in [5.41, 5.74) is 2.85. The molecule has 0 atom stereocenters. The molecule has 0 aromatic heterocycles. The van der Waals surface area contributed by atoms with Gasteiger partial charge in [0.25, 0.3) is 0 Å². The molecule has 96 valence electrons. The summed E-state index contributed by atoms with van der Waals surface area (Å²) >= 11 is 0. The minimum Gasteiger partial charge on any atom is -0.384 e. The van der Waals surface area contributed by atoms with Crippen LogP contribution in [0.2, 0.25) is 0 Å². The smallest absolute Gasteiger partial charge is 0.0375 e. The highest BCUT2D eigenvalue weighted by Gasteiger charge is 2.08. The van der Waals surface area contributed by atoms with E-state index < -0.39 is 0 Å². The summed E-state index contributed by atoms with van der Waals surface area (Å²) in [6, 6.07) is 8.55. The van der Waals surface area contributed by atoms with E-state index in [-0.39, 0.29) is 5.54 Å². The number of rotatable bonds is 5. The topological polar surface area (TPSA) is 24.1 Å². The number of para-hydroxylation sites is 1. The van der Waals surface area contributed by atoms with Gasteiger partial charge < -0.3 is 10.6 Å². The van der Waals surface area contributed by atoms with E-state index in [1.807, 2.05) is 0 Å². The van der Waals surface area contributed by atoms with Gasteiger partial charge in [-0.05, 0) is 38.3 Å². The maximum atomic E-state index is 3.50. The quantitative estimate of drug-likeness (QED) is 0.761. The Balaban J connectivity index is 2.47. The van der Waals surface area contributed by atoms with Gasteiger partial charge in [-0.1, -0.05) is 32.0 Å². The molecule has 0 unspecified atom stereocenters. The van der Waals surface area contributed by atoms with Crippen molar-refractivity contribution in [3.05, 3.63) is 29.8 Å². The molecule has 0 saturated carbocycles. The van der Waals surface area contributed by atoms with Gasteiger partial charge in [-0.2, -0.15) is 0 Å². The van der Waals surface area contributed by atoms with Gasteiger partial charge in [0, 0.05) is 24.3 Å². The van der Waals surface area contributed by atoms with E-state index in [1.165, 1.54) is 11.3 Å². The molecule has 2 heteroatoms. The number of anilines is 1. The fraction of sp³-hybridized carbons (Fsp3) is 0.600. The molecule has 0 amide bonds. The Kier molecular flexibility index (Phi) is 5.01. The first-order valence-corrected chi connectivity index (χ1v) is 6.48. The summed E-state index contributed by atoms with van der Waals surface area (Å²) < 4.78 is 0. The summed E-state index contributed by atoms with van der Waals surface area (Å²) in [5, 5.41) is 6.98. The first-order chi connectivity index (χ1) is 7.90. The Bertz CT molecular complexity index is 337. The Morgan fingerprint density at radius 1 is 1.06 bits per heavy atom. The zero-order valence-electron chi connectivity index (χ0n) is 11.8. The molecule has 0 spiro atoms. The molecule has 1 rings (SSSR count). The maximum absolute atomic E-state index is 3.50. The van der Waals surface area contributed by atoms with Crippen molar-refractivity contribution in [1.29, 1.82) is 0 Å². The molecule has 0 saturated heterocycles. The van der Waals surface area contributed by atoms with Crippen molar-refractivity contribution < 1.29 is 0 Å². The second-order valence-electron chi connectivity index (χ2n) is 5.85. The highest BCUT2D eigenvalue weighted by molar-refractivity contribution is 5.52. The Hall–Kier alpha value is -1.02. The molecule has 0 fully saturated rings. The van der Waals surface area contributed by atoms with Crippen LogP contribution in [0.1, 0.15) is 46.1 Å². The van der Waals surface area contributed by atoms with Crippen molar-refractivity contribution in [3.63, 3.8) is 0 Å². The molecule has 17 heavy (non-hydrogen) atoms. The molecule has 0 aliphatic heterocycles. The van der Waals surface area contributed by atoms with Crippen LogP contribution in [0.5, 0.6) is 0 Å². The zero-order valence-corrected chi connectivity index (χ0v) is 11.8. The van der Waals surface area contributed by atoms with Gasteiger partial charge in [-0.15, -0.1) is 0 Å². The van der Waals surface area contributed by atoms with Crippen molar-refractivity contribution in [2.24, 2.45) is 0 Å². The Labute approximate surface area is 106 Å². The largest absolute Gasteiger partial charge is 0.384 e. The standard InChI is InChI=1S/C15H26N2/c1-12(2)13-8-6-7-9-14(13)16-10-11-17-15(3,4)5/h6-9,12,16-17H,10-11H2,1-5H3. The van der Waals surface area contributed by atoms with Crippen LogP contribution in [-0.4, -0.2) is 18.6 Å². The molecule has 2 nitrogen and oxygen atoms in total. The summed E-state index contributed by atoms with van der Waals surface area (Å²) in [7, 11) is 0. The summed E-state index contributed by atoms with van der Waals surface area (Å²) in [6.45, 7) is 13.0. The van der Waals surface area contributed by atoms with E-state index in [0.717, 1.165) is 13.1 Å². The third-order valence-corrected chi connectivity index (χ3v) is 2.68. The fourth-order valence-corrected chi connectivity index (χ4v) is 1.80. The zero-order chi connectivity index (χ0) is 12.9. The van der Waals surface area contributed by atoms with Gasteiger partial charge in [-0.25, -0.2) is 0 Å². The summed E-state index contributed by atoms with van der Waals surface area (Å²) in [6.07, 6.45) is 0. The van der Waals surface area contributed by atoms with Crippen molar-refractivity contribution in [2.45, 2.75) is 46.1 Å². The van der Waals surface area contributed by atoms with E-state index in [1.54, 1.807) is 0 Å². The van der Waals surface area contributed by atoms with Crippen LogP contribution in [0.25, 0.3) is 0 Å². The summed E-state index contributed by atoms with van der Waals surface area (Å²) in [4.78, 5) is 0. The van der Waals surface area contributed by atoms with Gasteiger partial charge >= 0.3 is 0 Å².